The molecular weight excluding hydrogens is 1380 g/mol. The van der Waals surface area contributed by atoms with Crippen molar-refractivity contribution in [1.29, 1.82) is 0 Å². The van der Waals surface area contributed by atoms with E-state index < -0.39 is 97.5 Å². The molecule has 0 rings (SSSR count). The third kappa shape index (κ3) is 76.4. The van der Waals surface area contributed by atoms with Gasteiger partial charge in [-0.15, -0.1) is 0 Å². The molecule has 0 aliphatic rings. The highest BCUT2D eigenvalue weighted by atomic mass is 31.2. The molecule has 0 fully saturated rings. The van der Waals surface area contributed by atoms with Crippen molar-refractivity contribution in [2.75, 3.05) is 39.6 Å². The van der Waals surface area contributed by atoms with E-state index in [9.17, 15) is 43.2 Å². The molecule has 0 spiro atoms. The van der Waals surface area contributed by atoms with Gasteiger partial charge in [-0.1, -0.05) is 268 Å². The van der Waals surface area contributed by atoms with E-state index in [1.54, 1.807) is 0 Å². The minimum Gasteiger partial charge on any atom is -0.462 e. The van der Waals surface area contributed by atoms with Crippen LogP contribution in [0.4, 0.5) is 0 Å². The lowest BCUT2D eigenvalue weighted by molar-refractivity contribution is -0.161. The first-order chi connectivity index (χ1) is 51.7. The number of aliphatic hydroxyl groups excluding tert-OH is 1. The zero-order chi connectivity index (χ0) is 77.4. The summed E-state index contributed by atoms with van der Waals surface area (Å²) in [6.45, 7) is 4.29. The quantitative estimate of drug-likeness (QED) is 0.0169. The molecule has 0 radical (unpaired) electrons. The van der Waals surface area contributed by atoms with Crippen molar-refractivity contribution >= 4 is 39.5 Å². The van der Waals surface area contributed by atoms with Gasteiger partial charge in [0.1, 0.15) is 19.3 Å². The fourth-order valence-corrected chi connectivity index (χ4v) is 11.5. The number of phosphoric ester groups is 2. The summed E-state index contributed by atoms with van der Waals surface area (Å²) in [4.78, 5) is 73.1. The van der Waals surface area contributed by atoms with E-state index >= 15 is 0 Å². The number of hydrogen-bond acceptors (Lipinski definition) is 15. The van der Waals surface area contributed by atoms with E-state index in [0.717, 1.165) is 205 Å². The second-order valence-corrected chi connectivity index (χ2v) is 28.7. The minimum absolute atomic E-state index is 0.0552. The number of rotatable bonds is 73. The summed E-state index contributed by atoms with van der Waals surface area (Å²) < 4.78 is 68.6. The predicted octanol–water partition coefficient (Wildman–Crippen LogP) is 23.6. The van der Waals surface area contributed by atoms with Gasteiger partial charge in [0, 0.05) is 25.7 Å². The average Bonchev–Trinajstić information content (AvgIpc) is 0.902. The van der Waals surface area contributed by atoms with E-state index in [1.807, 2.05) is 0 Å². The molecule has 600 valence electrons. The molecule has 0 heterocycles. The molecule has 0 bridgehead atoms. The summed E-state index contributed by atoms with van der Waals surface area (Å²) in [5.74, 6) is -2.30. The lowest BCUT2D eigenvalue weighted by Crippen LogP contribution is -2.30. The third-order valence-electron chi connectivity index (χ3n) is 15.9. The molecule has 0 aromatic carbocycles. The zero-order valence-electron chi connectivity index (χ0n) is 65.5. The van der Waals surface area contributed by atoms with Crippen molar-refractivity contribution in [3.05, 3.63) is 182 Å². The molecule has 5 atom stereocenters. The highest BCUT2D eigenvalue weighted by molar-refractivity contribution is 7.47. The molecule has 0 amide bonds. The SMILES string of the molecule is CC/C=C\C/C=C\C/C=C\C/C=C\CCCCCCCCC(=O)OCC(COP(=O)(O)OCC(O)COP(=O)(O)OCC(COC(=O)CCCC/C=C\C/C=C\C/C=C\C/C=C\CC)OC(=O)CCCCCCC/C=C\C/C=C\C/C=C\CC)OC(=O)CCCCCC/C=C\C/C=C\C/C=C\C/C=C\CC. The summed E-state index contributed by atoms with van der Waals surface area (Å²) in [6.07, 6.45) is 93.0. The predicted molar refractivity (Wildman–Crippen MR) is 436 cm³/mol. The Morgan fingerprint density at radius 2 is 0.462 bits per heavy atom. The van der Waals surface area contributed by atoms with Crippen LogP contribution in [0, 0.1) is 0 Å². The maximum absolute atomic E-state index is 13.1. The molecule has 19 heteroatoms. The van der Waals surface area contributed by atoms with Crippen molar-refractivity contribution in [3.8, 4) is 0 Å². The molecular formula is C87H140O17P2. The molecule has 0 aromatic heterocycles. The second-order valence-electron chi connectivity index (χ2n) is 25.8. The average molecular weight is 1520 g/mol. The van der Waals surface area contributed by atoms with Crippen LogP contribution in [0.25, 0.3) is 0 Å². The molecule has 0 aromatic rings. The fourth-order valence-electron chi connectivity index (χ4n) is 9.91. The van der Waals surface area contributed by atoms with Gasteiger partial charge in [0.15, 0.2) is 12.2 Å². The topological polar surface area (TPSA) is 237 Å². The Morgan fingerprint density at radius 3 is 0.726 bits per heavy atom. The summed E-state index contributed by atoms with van der Waals surface area (Å²) >= 11 is 0. The Bertz CT molecular complexity index is 2730. The summed E-state index contributed by atoms with van der Waals surface area (Å²) in [7, 11) is -10.0. The Hall–Kier alpha value is -5.84. The Labute approximate surface area is 641 Å². The van der Waals surface area contributed by atoms with Crippen LogP contribution in [0.2, 0.25) is 0 Å². The Kier molecular flexibility index (Phi) is 73.1. The number of esters is 4. The number of phosphoric acid groups is 2. The molecule has 0 saturated heterocycles. The summed E-state index contributed by atoms with van der Waals surface area (Å²) in [5.41, 5.74) is 0. The molecule has 5 unspecified atom stereocenters. The minimum atomic E-state index is -5.00. The zero-order valence-corrected chi connectivity index (χ0v) is 67.3. The monoisotopic (exact) mass is 1520 g/mol. The van der Waals surface area contributed by atoms with E-state index in [4.69, 9.17) is 37.0 Å². The van der Waals surface area contributed by atoms with Gasteiger partial charge < -0.3 is 33.8 Å². The Balaban J connectivity index is 5.47. The van der Waals surface area contributed by atoms with Crippen molar-refractivity contribution in [3.63, 3.8) is 0 Å². The van der Waals surface area contributed by atoms with Crippen LogP contribution in [0.1, 0.15) is 285 Å². The van der Waals surface area contributed by atoms with Crippen LogP contribution in [-0.4, -0.2) is 96.7 Å². The second kappa shape index (κ2) is 77.3. The maximum atomic E-state index is 13.1. The van der Waals surface area contributed by atoms with Crippen molar-refractivity contribution < 1.29 is 80.2 Å². The van der Waals surface area contributed by atoms with Crippen molar-refractivity contribution in [2.24, 2.45) is 0 Å². The number of allylic oxidation sites excluding steroid dienone is 30. The first-order valence-electron chi connectivity index (χ1n) is 40.0. The van der Waals surface area contributed by atoms with E-state index in [0.29, 0.717) is 25.7 Å². The van der Waals surface area contributed by atoms with E-state index in [-0.39, 0.29) is 25.7 Å². The first-order valence-corrected chi connectivity index (χ1v) is 43.0. The van der Waals surface area contributed by atoms with E-state index in [2.05, 4.69) is 210 Å². The van der Waals surface area contributed by atoms with Gasteiger partial charge in [-0.2, -0.15) is 0 Å². The van der Waals surface area contributed by atoms with Crippen molar-refractivity contribution in [1.82, 2.24) is 0 Å². The Morgan fingerprint density at radius 1 is 0.264 bits per heavy atom. The largest absolute Gasteiger partial charge is 0.472 e. The third-order valence-corrected chi connectivity index (χ3v) is 17.8. The number of hydrogen-bond donors (Lipinski definition) is 3. The maximum Gasteiger partial charge on any atom is 0.472 e. The molecule has 106 heavy (non-hydrogen) atoms. The number of carbonyl (C=O) groups excluding carboxylic acids is 4. The van der Waals surface area contributed by atoms with Crippen LogP contribution in [0.15, 0.2) is 182 Å². The van der Waals surface area contributed by atoms with Gasteiger partial charge in [0.25, 0.3) is 0 Å². The van der Waals surface area contributed by atoms with Crippen LogP contribution in [-0.2, 0) is 65.4 Å². The lowest BCUT2D eigenvalue weighted by atomic mass is 10.1. The van der Waals surface area contributed by atoms with Gasteiger partial charge in [-0.25, -0.2) is 9.13 Å². The highest BCUT2D eigenvalue weighted by Gasteiger charge is 2.30. The number of unbranched alkanes of at least 4 members (excludes halogenated alkanes) is 17. The highest BCUT2D eigenvalue weighted by Crippen LogP contribution is 2.45. The molecule has 17 nitrogen and oxygen atoms in total. The fraction of sp³-hybridized carbons (Fsp3) is 0.609. The first kappa shape index (κ1) is 100. The normalized spacial score (nSPS) is 14.8. The number of ether oxygens (including phenoxy) is 4. The van der Waals surface area contributed by atoms with Gasteiger partial charge in [-0.05, 0) is 173 Å². The van der Waals surface area contributed by atoms with Crippen LogP contribution in [0.3, 0.4) is 0 Å². The van der Waals surface area contributed by atoms with Crippen LogP contribution >= 0.6 is 15.6 Å². The van der Waals surface area contributed by atoms with Gasteiger partial charge in [-0.3, -0.25) is 37.3 Å². The van der Waals surface area contributed by atoms with Crippen molar-refractivity contribution in [2.45, 2.75) is 303 Å². The van der Waals surface area contributed by atoms with Crippen LogP contribution in [0.5, 0.6) is 0 Å². The number of carbonyl (C=O) groups is 4. The lowest BCUT2D eigenvalue weighted by Gasteiger charge is -2.21. The van der Waals surface area contributed by atoms with Crippen LogP contribution < -0.4 is 0 Å². The van der Waals surface area contributed by atoms with E-state index in [1.165, 1.54) is 0 Å². The molecule has 3 N–H and O–H groups in total. The smallest absolute Gasteiger partial charge is 0.462 e. The van der Waals surface area contributed by atoms with Gasteiger partial charge in [0.05, 0.1) is 26.4 Å². The standard InChI is InChI=1S/C87H140O17P2/c1-5-9-13-17-21-25-29-33-37-39-40-42-45-48-52-56-60-64-68-72-85(90)98-78-83(104-87(92)74-70-66-62-58-54-50-46-41-38-34-30-26-22-18-14-10-6-2)80-102-106(95,96)100-76-81(88)75-99-105(93,94)101-79-82(103-86(91)73-69-65-61-57-53-49-44-36-32-28-24-20-16-12-8-4)77-97-84(89)71-67-63-59-55-51-47-43-35-31-27-23-19-15-11-7-3/h9-16,21-28,33-38,40,42-44,46,50-51,55,81-83,88H,5-8,17-20,29-32,39,41,45,47-49,52-54,56-80H2,1-4H3,(H,93,94)(H,95,96)/b13-9-,14-10-,15-11-,16-12-,25-21-,26-22-,27-23-,28-24-,37-33-,38-34-,42-40-,43-35-,44-36-,50-46-,55-51-. The van der Waals surface area contributed by atoms with Gasteiger partial charge in [0.2, 0.25) is 0 Å². The molecule has 0 saturated carbocycles. The number of aliphatic hydroxyl groups is 1. The molecule has 0 aliphatic carbocycles. The molecule has 0 aliphatic heterocycles. The summed E-state index contributed by atoms with van der Waals surface area (Å²) in [6, 6.07) is 0. The van der Waals surface area contributed by atoms with Gasteiger partial charge >= 0.3 is 39.5 Å². The summed E-state index contributed by atoms with van der Waals surface area (Å²) in [5, 5.41) is 10.6.